The van der Waals surface area contributed by atoms with E-state index in [-0.39, 0.29) is 30.5 Å². The van der Waals surface area contributed by atoms with Gasteiger partial charge in [-0.2, -0.15) is 0 Å². The molecule has 0 saturated carbocycles. The fourth-order valence-electron chi connectivity index (χ4n) is 2.50. The Morgan fingerprint density at radius 2 is 2.28 bits per heavy atom. The lowest BCUT2D eigenvalue weighted by atomic mass is 10.1. The Labute approximate surface area is 142 Å². The van der Waals surface area contributed by atoms with E-state index in [0.29, 0.717) is 11.4 Å². The van der Waals surface area contributed by atoms with Crippen molar-refractivity contribution in [2.45, 2.75) is 13.0 Å². The van der Waals surface area contributed by atoms with E-state index in [4.69, 9.17) is 10.5 Å². The molecule has 0 spiro atoms. The van der Waals surface area contributed by atoms with Gasteiger partial charge in [-0.05, 0) is 24.3 Å². The van der Waals surface area contributed by atoms with Crippen LogP contribution in [0.1, 0.15) is 6.92 Å². The fraction of sp³-hybridized carbons (Fsp3) is 0.250. The van der Waals surface area contributed by atoms with Gasteiger partial charge in [-0.1, -0.05) is 0 Å². The standard InChI is InChI=1S/C16H16FN5O3/c1-9(23)20-7-11-8-22(16(24)25-11)10-2-3-12(13(17)6-10)14-4-5-19-15(18)21-14/h2-6,11H,7-8H2,1H3,(H,20,23)(H2,18,19,21)/t11-/m0/s1. The zero-order chi connectivity index (χ0) is 18.0. The van der Waals surface area contributed by atoms with Gasteiger partial charge in [0.2, 0.25) is 11.9 Å². The van der Waals surface area contributed by atoms with Gasteiger partial charge in [-0.15, -0.1) is 0 Å². The van der Waals surface area contributed by atoms with Crippen molar-refractivity contribution in [1.82, 2.24) is 15.3 Å². The highest BCUT2D eigenvalue weighted by Gasteiger charge is 2.32. The molecule has 2 amide bonds. The number of nitrogens with zero attached hydrogens (tertiary/aromatic N) is 3. The summed E-state index contributed by atoms with van der Waals surface area (Å²) in [6, 6.07) is 5.89. The van der Waals surface area contributed by atoms with Crippen molar-refractivity contribution < 1.29 is 18.7 Å². The first-order valence-electron chi connectivity index (χ1n) is 7.55. The van der Waals surface area contributed by atoms with Gasteiger partial charge in [-0.3, -0.25) is 9.69 Å². The zero-order valence-corrected chi connectivity index (χ0v) is 13.4. The van der Waals surface area contributed by atoms with Crippen LogP contribution in [0, 0.1) is 5.82 Å². The number of amides is 2. The second kappa shape index (κ2) is 6.71. The normalized spacial score (nSPS) is 16.6. The number of cyclic esters (lactones) is 1. The Kier molecular flexibility index (Phi) is 4.46. The molecule has 1 aliphatic heterocycles. The molecule has 1 saturated heterocycles. The van der Waals surface area contributed by atoms with Crippen molar-refractivity contribution in [3.63, 3.8) is 0 Å². The topological polar surface area (TPSA) is 110 Å². The number of nitrogens with one attached hydrogen (secondary N) is 1. The Morgan fingerprint density at radius 1 is 1.48 bits per heavy atom. The van der Waals surface area contributed by atoms with Gasteiger partial charge in [0.15, 0.2) is 0 Å². The Morgan fingerprint density at radius 3 is 2.96 bits per heavy atom. The predicted molar refractivity (Wildman–Crippen MR) is 88.1 cm³/mol. The summed E-state index contributed by atoms with van der Waals surface area (Å²) in [4.78, 5) is 32.0. The van der Waals surface area contributed by atoms with Crippen molar-refractivity contribution in [1.29, 1.82) is 0 Å². The number of nitrogens with two attached hydrogens (primary N) is 1. The van der Waals surface area contributed by atoms with Crippen LogP contribution in [-0.2, 0) is 9.53 Å². The van der Waals surface area contributed by atoms with Gasteiger partial charge in [-0.25, -0.2) is 19.2 Å². The van der Waals surface area contributed by atoms with E-state index in [2.05, 4.69) is 15.3 Å². The molecule has 130 valence electrons. The van der Waals surface area contributed by atoms with Crippen molar-refractivity contribution in [2.75, 3.05) is 23.7 Å². The lowest BCUT2D eigenvalue weighted by molar-refractivity contribution is -0.119. The molecule has 1 aliphatic rings. The largest absolute Gasteiger partial charge is 0.442 e. The smallest absolute Gasteiger partial charge is 0.414 e. The third-order valence-electron chi connectivity index (χ3n) is 3.67. The molecule has 9 heteroatoms. The summed E-state index contributed by atoms with van der Waals surface area (Å²) in [6.07, 6.45) is 0.365. The maximum atomic E-state index is 14.5. The highest BCUT2D eigenvalue weighted by Crippen LogP contribution is 2.28. The van der Waals surface area contributed by atoms with Crippen LogP contribution in [0.15, 0.2) is 30.5 Å². The third kappa shape index (κ3) is 3.65. The van der Waals surface area contributed by atoms with Crippen LogP contribution in [0.3, 0.4) is 0 Å². The number of ether oxygens (including phenoxy) is 1. The molecule has 1 atom stereocenters. The monoisotopic (exact) mass is 345 g/mol. The first-order valence-corrected chi connectivity index (χ1v) is 7.55. The second-order valence-electron chi connectivity index (χ2n) is 5.52. The van der Waals surface area contributed by atoms with Gasteiger partial charge in [0.25, 0.3) is 0 Å². The molecule has 8 nitrogen and oxygen atoms in total. The average molecular weight is 345 g/mol. The first kappa shape index (κ1) is 16.6. The van der Waals surface area contributed by atoms with Gasteiger partial charge in [0.1, 0.15) is 11.9 Å². The van der Waals surface area contributed by atoms with E-state index in [9.17, 15) is 14.0 Å². The number of rotatable bonds is 4. The summed E-state index contributed by atoms with van der Waals surface area (Å²) in [6.45, 7) is 1.80. The molecule has 25 heavy (non-hydrogen) atoms. The Bertz CT molecular complexity index is 829. The maximum Gasteiger partial charge on any atom is 0.414 e. The molecule has 3 rings (SSSR count). The lowest BCUT2D eigenvalue weighted by Gasteiger charge is -2.14. The van der Waals surface area contributed by atoms with Crippen molar-refractivity contribution >= 4 is 23.6 Å². The van der Waals surface area contributed by atoms with Gasteiger partial charge in [0.05, 0.1) is 24.5 Å². The van der Waals surface area contributed by atoms with Gasteiger partial charge in [0, 0.05) is 18.7 Å². The summed E-state index contributed by atoms with van der Waals surface area (Å²) >= 11 is 0. The number of hydrogen-bond donors (Lipinski definition) is 2. The summed E-state index contributed by atoms with van der Waals surface area (Å²) in [5.41, 5.74) is 6.48. The molecule has 2 aromatic rings. The summed E-state index contributed by atoms with van der Waals surface area (Å²) < 4.78 is 19.6. The summed E-state index contributed by atoms with van der Waals surface area (Å²) in [5, 5.41) is 2.58. The molecule has 1 aromatic carbocycles. The molecule has 1 aromatic heterocycles. The SMILES string of the molecule is CC(=O)NC[C@H]1CN(c2ccc(-c3ccnc(N)n3)c(F)c2)C(=O)O1. The fourth-order valence-corrected chi connectivity index (χ4v) is 2.50. The number of carbonyl (C=O) groups excluding carboxylic acids is 2. The first-order chi connectivity index (χ1) is 11.9. The summed E-state index contributed by atoms with van der Waals surface area (Å²) in [5.74, 6) is -0.715. The van der Waals surface area contributed by atoms with E-state index in [0.717, 1.165) is 0 Å². The van der Waals surface area contributed by atoms with E-state index < -0.39 is 18.0 Å². The molecule has 0 bridgehead atoms. The third-order valence-corrected chi connectivity index (χ3v) is 3.67. The van der Waals surface area contributed by atoms with E-state index in [1.165, 1.54) is 30.2 Å². The number of hydrogen-bond acceptors (Lipinski definition) is 6. The number of halogens is 1. The van der Waals surface area contributed by atoms with Crippen molar-refractivity contribution in [3.05, 3.63) is 36.3 Å². The molecular formula is C16H16FN5O3. The summed E-state index contributed by atoms with van der Waals surface area (Å²) in [7, 11) is 0. The van der Waals surface area contributed by atoms with Gasteiger partial charge < -0.3 is 15.8 Å². The molecule has 0 radical (unpaired) electrons. The number of carbonyl (C=O) groups is 2. The molecule has 0 unspecified atom stereocenters. The van der Waals surface area contributed by atoms with Crippen molar-refractivity contribution in [2.24, 2.45) is 0 Å². The van der Waals surface area contributed by atoms with Crippen LogP contribution >= 0.6 is 0 Å². The minimum Gasteiger partial charge on any atom is -0.442 e. The Hall–Kier alpha value is -3.23. The zero-order valence-electron chi connectivity index (χ0n) is 13.4. The number of benzene rings is 1. The Balaban J connectivity index is 1.79. The second-order valence-corrected chi connectivity index (χ2v) is 5.52. The molecule has 2 heterocycles. The van der Waals surface area contributed by atoms with E-state index >= 15 is 0 Å². The number of anilines is 2. The van der Waals surface area contributed by atoms with E-state index in [1.54, 1.807) is 12.1 Å². The van der Waals surface area contributed by atoms with Crippen LogP contribution in [0.5, 0.6) is 0 Å². The quantitative estimate of drug-likeness (QED) is 0.865. The predicted octanol–water partition coefficient (Wildman–Crippen LogP) is 1.33. The molecular weight excluding hydrogens is 329 g/mol. The highest BCUT2D eigenvalue weighted by atomic mass is 19.1. The van der Waals surface area contributed by atoms with Gasteiger partial charge >= 0.3 is 6.09 Å². The van der Waals surface area contributed by atoms with Crippen LogP contribution in [0.4, 0.5) is 20.8 Å². The van der Waals surface area contributed by atoms with Crippen LogP contribution in [-0.4, -0.2) is 41.2 Å². The lowest BCUT2D eigenvalue weighted by Crippen LogP contribution is -2.33. The molecule has 1 fully saturated rings. The molecule has 3 N–H and O–H groups in total. The number of aromatic nitrogens is 2. The van der Waals surface area contributed by atoms with Crippen molar-refractivity contribution in [3.8, 4) is 11.3 Å². The highest BCUT2D eigenvalue weighted by molar-refractivity contribution is 5.90. The minimum absolute atomic E-state index is 0.0462. The average Bonchev–Trinajstić information content (AvgIpc) is 2.94. The minimum atomic E-state index is -0.589. The molecule has 0 aliphatic carbocycles. The van der Waals surface area contributed by atoms with E-state index in [1.807, 2.05) is 0 Å². The number of nitrogen functional groups attached to an aromatic ring is 1. The van der Waals surface area contributed by atoms with Crippen LogP contribution in [0.25, 0.3) is 11.3 Å². The van der Waals surface area contributed by atoms with Crippen LogP contribution < -0.4 is 16.0 Å². The maximum absolute atomic E-state index is 14.5. The van der Waals surface area contributed by atoms with Crippen LogP contribution in [0.2, 0.25) is 0 Å².